The van der Waals surface area contributed by atoms with Crippen molar-refractivity contribution in [2.75, 3.05) is 6.61 Å². The first-order valence-corrected chi connectivity index (χ1v) is 6.57. The van der Waals surface area contributed by atoms with Crippen LogP contribution in [0.15, 0.2) is 17.5 Å². The van der Waals surface area contributed by atoms with E-state index >= 15 is 0 Å². The van der Waals surface area contributed by atoms with Crippen LogP contribution < -0.4 is 0 Å². The second-order valence-electron chi connectivity index (χ2n) is 3.50. The summed E-state index contributed by atoms with van der Waals surface area (Å²) < 4.78 is 4.84. The van der Waals surface area contributed by atoms with E-state index in [1.165, 1.54) is 29.4 Å². The fourth-order valence-electron chi connectivity index (χ4n) is 1.40. The highest BCUT2D eigenvalue weighted by molar-refractivity contribution is 7.11. The molecular formula is C13H18O2S. The molecule has 0 atom stereocenters. The molecule has 0 N–H and O–H groups in total. The third-order valence-electron chi connectivity index (χ3n) is 2.24. The fraction of sp³-hybridized carbons (Fsp3) is 0.462. The second kappa shape index (κ2) is 7.23. The summed E-state index contributed by atoms with van der Waals surface area (Å²) in [5.41, 5.74) is 1.33. The number of hydrogen-bond donors (Lipinski definition) is 0. The zero-order valence-corrected chi connectivity index (χ0v) is 10.7. The van der Waals surface area contributed by atoms with E-state index in [0.717, 1.165) is 6.42 Å². The molecule has 88 valence electrons. The third kappa shape index (κ3) is 4.19. The molecule has 0 saturated heterocycles. The van der Waals surface area contributed by atoms with Crippen LogP contribution in [0.25, 0.3) is 6.08 Å². The Bertz CT molecular complexity index is 353. The van der Waals surface area contributed by atoms with E-state index in [2.05, 4.69) is 18.4 Å². The Morgan fingerprint density at radius 1 is 1.50 bits per heavy atom. The maximum atomic E-state index is 11.2. The fourth-order valence-corrected chi connectivity index (χ4v) is 2.25. The normalized spacial score (nSPS) is 10.9. The molecular weight excluding hydrogens is 220 g/mol. The van der Waals surface area contributed by atoms with Crippen molar-refractivity contribution in [3.8, 4) is 0 Å². The van der Waals surface area contributed by atoms with Crippen LogP contribution in [0, 0.1) is 0 Å². The van der Waals surface area contributed by atoms with Gasteiger partial charge in [-0.2, -0.15) is 0 Å². The number of carbonyl (C=O) groups excluding carboxylic acids is 1. The Kier molecular flexibility index (Phi) is 5.86. The lowest BCUT2D eigenvalue weighted by Crippen LogP contribution is -1.98. The highest BCUT2D eigenvalue weighted by atomic mass is 32.1. The third-order valence-corrected chi connectivity index (χ3v) is 3.16. The summed E-state index contributed by atoms with van der Waals surface area (Å²) in [7, 11) is 0. The molecule has 0 aliphatic heterocycles. The van der Waals surface area contributed by atoms with E-state index in [-0.39, 0.29) is 5.97 Å². The van der Waals surface area contributed by atoms with Crippen LogP contribution in [-0.4, -0.2) is 12.6 Å². The number of aryl methyl sites for hydroxylation is 1. The van der Waals surface area contributed by atoms with Crippen LogP contribution in [0.4, 0.5) is 0 Å². The number of unbranched alkanes of at least 4 members (excludes halogenated alkanes) is 1. The molecule has 3 heteroatoms. The molecule has 1 rings (SSSR count). The smallest absolute Gasteiger partial charge is 0.330 e. The highest BCUT2D eigenvalue weighted by Gasteiger charge is 2.01. The predicted octanol–water partition coefficient (Wildman–Crippen LogP) is 3.67. The van der Waals surface area contributed by atoms with E-state index in [9.17, 15) is 4.79 Å². The van der Waals surface area contributed by atoms with Gasteiger partial charge in [0.25, 0.3) is 0 Å². The minimum atomic E-state index is -0.266. The Morgan fingerprint density at radius 2 is 2.31 bits per heavy atom. The number of esters is 1. The van der Waals surface area contributed by atoms with Gasteiger partial charge in [-0.3, -0.25) is 0 Å². The van der Waals surface area contributed by atoms with Crippen molar-refractivity contribution < 1.29 is 9.53 Å². The molecule has 1 aromatic heterocycles. The van der Waals surface area contributed by atoms with Crippen LogP contribution in [0.1, 0.15) is 37.1 Å². The average Bonchev–Trinajstić information content (AvgIpc) is 2.71. The molecule has 0 aliphatic carbocycles. The van der Waals surface area contributed by atoms with Gasteiger partial charge in [0.15, 0.2) is 0 Å². The second-order valence-corrected chi connectivity index (χ2v) is 4.45. The Balaban J connectivity index is 2.59. The molecule has 0 bridgehead atoms. The lowest BCUT2D eigenvalue weighted by atomic mass is 10.1. The van der Waals surface area contributed by atoms with Gasteiger partial charge in [0.2, 0.25) is 0 Å². The van der Waals surface area contributed by atoms with E-state index in [1.807, 2.05) is 13.0 Å². The molecule has 0 aliphatic rings. The van der Waals surface area contributed by atoms with Gasteiger partial charge >= 0.3 is 5.97 Å². The van der Waals surface area contributed by atoms with E-state index in [0.29, 0.717) is 6.61 Å². The first kappa shape index (κ1) is 13.0. The van der Waals surface area contributed by atoms with Gasteiger partial charge in [0.1, 0.15) is 0 Å². The van der Waals surface area contributed by atoms with Gasteiger partial charge in [0, 0.05) is 11.0 Å². The largest absolute Gasteiger partial charge is 0.463 e. The van der Waals surface area contributed by atoms with E-state index in [1.54, 1.807) is 11.3 Å². The Labute approximate surface area is 101 Å². The number of hydrogen-bond acceptors (Lipinski definition) is 3. The Hall–Kier alpha value is -1.09. The zero-order valence-electron chi connectivity index (χ0n) is 9.86. The molecule has 16 heavy (non-hydrogen) atoms. The topological polar surface area (TPSA) is 26.3 Å². The number of rotatable bonds is 6. The summed E-state index contributed by atoms with van der Waals surface area (Å²) >= 11 is 1.67. The van der Waals surface area contributed by atoms with Gasteiger partial charge in [-0.1, -0.05) is 13.3 Å². The van der Waals surface area contributed by atoms with Crippen LogP contribution in [0.2, 0.25) is 0 Å². The molecule has 1 aromatic rings. The van der Waals surface area contributed by atoms with E-state index < -0.39 is 0 Å². The first-order valence-electron chi connectivity index (χ1n) is 5.69. The van der Waals surface area contributed by atoms with Crippen LogP contribution in [0.3, 0.4) is 0 Å². The van der Waals surface area contributed by atoms with Crippen molar-refractivity contribution in [3.05, 3.63) is 28.0 Å². The van der Waals surface area contributed by atoms with Crippen LogP contribution in [-0.2, 0) is 16.0 Å². The summed E-state index contributed by atoms with van der Waals surface area (Å²) in [6.45, 7) is 4.42. The van der Waals surface area contributed by atoms with Crippen molar-refractivity contribution in [2.24, 2.45) is 0 Å². The molecule has 1 heterocycles. The summed E-state index contributed by atoms with van der Waals surface area (Å²) in [6, 6.07) is 2.13. The molecule has 0 spiro atoms. The maximum absolute atomic E-state index is 11.2. The summed E-state index contributed by atoms with van der Waals surface area (Å²) in [6.07, 6.45) is 6.83. The average molecular weight is 238 g/mol. The van der Waals surface area contributed by atoms with Gasteiger partial charge in [0.05, 0.1) is 6.61 Å². The summed E-state index contributed by atoms with van der Waals surface area (Å²) in [4.78, 5) is 12.3. The number of carbonyl (C=O) groups is 1. The molecule has 0 aromatic carbocycles. The van der Waals surface area contributed by atoms with Crippen molar-refractivity contribution in [3.63, 3.8) is 0 Å². The molecule has 0 unspecified atom stereocenters. The standard InChI is InChI=1S/C13H18O2S/c1-3-5-6-11-9-10-16-12(11)7-8-13(14)15-4-2/h7-10H,3-6H2,1-2H3. The summed E-state index contributed by atoms with van der Waals surface area (Å²) in [5.74, 6) is -0.266. The quantitative estimate of drug-likeness (QED) is 0.558. The first-order chi connectivity index (χ1) is 7.77. The van der Waals surface area contributed by atoms with Gasteiger partial charge in [-0.05, 0) is 42.9 Å². The van der Waals surface area contributed by atoms with Crippen LogP contribution >= 0.6 is 11.3 Å². The molecule has 0 amide bonds. The molecule has 0 radical (unpaired) electrons. The van der Waals surface area contributed by atoms with Crippen molar-refractivity contribution in [2.45, 2.75) is 33.1 Å². The van der Waals surface area contributed by atoms with Gasteiger partial charge in [-0.15, -0.1) is 11.3 Å². The summed E-state index contributed by atoms with van der Waals surface area (Å²) in [5, 5.41) is 2.07. The van der Waals surface area contributed by atoms with Crippen molar-refractivity contribution in [1.82, 2.24) is 0 Å². The molecule has 0 fully saturated rings. The van der Waals surface area contributed by atoms with Crippen molar-refractivity contribution >= 4 is 23.4 Å². The minimum Gasteiger partial charge on any atom is -0.463 e. The van der Waals surface area contributed by atoms with Gasteiger partial charge in [-0.25, -0.2) is 4.79 Å². The zero-order chi connectivity index (χ0) is 11.8. The van der Waals surface area contributed by atoms with Crippen molar-refractivity contribution in [1.29, 1.82) is 0 Å². The maximum Gasteiger partial charge on any atom is 0.330 e. The Morgan fingerprint density at radius 3 is 3.00 bits per heavy atom. The highest BCUT2D eigenvalue weighted by Crippen LogP contribution is 2.20. The van der Waals surface area contributed by atoms with E-state index in [4.69, 9.17) is 4.74 Å². The SMILES string of the molecule is CCCCc1ccsc1C=CC(=O)OCC. The minimum absolute atomic E-state index is 0.266. The monoisotopic (exact) mass is 238 g/mol. The van der Waals surface area contributed by atoms with Gasteiger partial charge < -0.3 is 4.74 Å². The molecule has 0 saturated carbocycles. The molecule has 2 nitrogen and oxygen atoms in total. The van der Waals surface area contributed by atoms with Crippen LogP contribution in [0.5, 0.6) is 0 Å². The predicted molar refractivity (Wildman–Crippen MR) is 68.6 cm³/mol. The lowest BCUT2D eigenvalue weighted by Gasteiger charge is -1.98. The number of ether oxygens (including phenoxy) is 1. The number of thiophene rings is 1. The lowest BCUT2D eigenvalue weighted by molar-refractivity contribution is -0.137.